The number of hydrogen-bond donors (Lipinski definition) is 2. The lowest BCUT2D eigenvalue weighted by atomic mass is 9.99. The highest BCUT2D eigenvalue weighted by Crippen LogP contribution is 2.45. The summed E-state index contributed by atoms with van der Waals surface area (Å²) in [6.07, 6.45) is 2.60. The molecular weight excluding hydrogens is 266 g/mol. The molecule has 2 heterocycles. The van der Waals surface area contributed by atoms with Crippen LogP contribution >= 0.6 is 11.8 Å². The second kappa shape index (κ2) is 4.94. The van der Waals surface area contributed by atoms with E-state index in [4.69, 9.17) is 14.6 Å². The van der Waals surface area contributed by atoms with Gasteiger partial charge < -0.3 is 19.9 Å². The minimum absolute atomic E-state index is 0.0676. The monoisotopic (exact) mass is 281 g/mol. The van der Waals surface area contributed by atoms with Crippen LogP contribution < -0.4 is 14.8 Å². The molecule has 2 N–H and O–H groups in total. The maximum absolute atomic E-state index is 11.0. The SMILES string of the molecule is CSc1c(C2CC(C(=O)O)CN2)ccc2c1OCO2. The predicted molar refractivity (Wildman–Crippen MR) is 70.8 cm³/mol. The Balaban J connectivity index is 1.91. The standard InChI is InChI=1S/C13H15NO4S/c1-19-12-8(2-3-10-11(12)18-6-17-10)9-4-7(5-14-9)13(15)16/h2-3,7,9,14H,4-6H2,1H3,(H,15,16). The van der Waals surface area contributed by atoms with Gasteiger partial charge in [-0.05, 0) is 24.3 Å². The summed E-state index contributed by atoms with van der Waals surface area (Å²) in [6, 6.07) is 3.96. The molecule has 19 heavy (non-hydrogen) atoms. The van der Waals surface area contributed by atoms with Crippen molar-refractivity contribution < 1.29 is 19.4 Å². The van der Waals surface area contributed by atoms with Crippen LogP contribution in [0.2, 0.25) is 0 Å². The average Bonchev–Trinajstić information content (AvgIpc) is 3.05. The fraction of sp³-hybridized carbons (Fsp3) is 0.462. The van der Waals surface area contributed by atoms with Gasteiger partial charge in [0.25, 0.3) is 0 Å². The first-order valence-corrected chi connectivity index (χ1v) is 7.36. The van der Waals surface area contributed by atoms with Crippen LogP contribution in [-0.2, 0) is 4.79 Å². The molecule has 0 radical (unpaired) electrons. The van der Waals surface area contributed by atoms with E-state index in [9.17, 15) is 4.79 Å². The second-order valence-corrected chi connectivity index (χ2v) is 5.47. The smallest absolute Gasteiger partial charge is 0.307 e. The number of thioether (sulfide) groups is 1. The van der Waals surface area contributed by atoms with Crippen LogP contribution in [0.3, 0.4) is 0 Å². The Kier molecular flexibility index (Phi) is 3.28. The van der Waals surface area contributed by atoms with Crippen molar-refractivity contribution in [3.8, 4) is 11.5 Å². The van der Waals surface area contributed by atoms with E-state index in [1.54, 1.807) is 11.8 Å². The Morgan fingerprint density at radius 3 is 3.00 bits per heavy atom. The molecule has 5 nitrogen and oxygen atoms in total. The molecule has 2 aliphatic heterocycles. The second-order valence-electron chi connectivity index (χ2n) is 4.65. The van der Waals surface area contributed by atoms with Crippen LogP contribution in [0.15, 0.2) is 17.0 Å². The molecule has 0 saturated carbocycles. The number of benzene rings is 1. The summed E-state index contributed by atoms with van der Waals surface area (Å²) in [5, 5.41) is 12.3. The summed E-state index contributed by atoms with van der Waals surface area (Å²) in [5.74, 6) is 0.498. The Morgan fingerprint density at radius 2 is 2.32 bits per heavy atom. The molecular formula is C13H15NO4S. The van der Waals surface area contributed by atoms with Gasteiger partial charge in [-0.2, -0.15) is 0 Å². The summed E-state index contributed by atoms with van der Waals surface area (Å²) in [4.78, 5) is 12.1. The number of hydrogen-bond acceptors (Lipinski definition) is 5. The molecule has 0 aromatic heterocycles. The zero-order valence-electron chi connectivity index (χ0n) is 10.5. The van der Waals surface area contributed by atoms with Crippen LogP contribution in [0, 0.1) is 5.92 Å². The van der Waals surface area contributed by atoms with Crippen LogP contribution in [0.1, 0.15) is 18.0 Å². The predicted octanol–water partition coefficient (Wildman–Crippen LogP) is 1.87. The van der Waals surface area contributed by atoms with Gasteiger partial charge in [0.2, 0.25) is 6.79 Å². The normalized spacial score (nSPS) is 24.7. The van der Waals surface area contributed by atoms with E-state index in [0.717, 1.165) is 22.0 Å². The zero-order valence-corrected chi connectivity index (χ0v) is 11.3. The first-order valence-electron chi connectivity index (χ1n) is 6.13. The first-order chi connectivity index (χ1) is 9.20. The molecule has 1 saturated heterocycles. The first kappa shape index (κ1) is 12.6. The fourth-order valence-electron chi connectivity index (χ4n) is 2.61. The zero-order chi connectivity index (χ0) is 13.4. The molecule has 0 bridgehead atoms. The third-order valence-corrected chi connectivity index (χ3v) is 4.41. The summed E-state index contributed by atoms with van der Waals surface area (Å²) in [5.41, 5.74) is 1.10. The van der Waals surface area contributed by atoms with Gasteiger partial charge in [0.15, 0.2) is 11.5 Å². The van der Waals surface area contributed by atoms with Crippen molar-refractivity contribution in [2.75, 3.05) is 19.6 Å². The molecule has 3 rings (SSSR count). The quantitative estimate of drug-likeness (QED) is 0.824. The molecule has 0 spiro atoms. The highest BCUT2D eigenvalue weighted by molar-refractivity contribution is 7.98. The average molecular weight is 281 g/mol. The van der Waals surface area contributed by atoms with Crippen molar-refractivity contribution in [3.63, 3.8) is 0 Å². The van der Waals surface area contributed by atoms with Gasteiger partial charge in [-0.25, -0.2) is 0 Å². The van der Waals surface area contributed by atoms with Crippen molar-refractivity contribution in [3.05, 3.63) is 17.7 Å². The molecule has 0 aliphatic carbocycles. The lowest BCUT2D eigenvalue weighted by Crippen LogP contribution is -2.17. The molecule has 2 atom stereocenters. The van der Waals surface area contributed by atoms with E-state index < -0.39 is 5.97 Å². The van der Waals surface area contributed by atoms with Crippen molar-refractivity contribution in [2.45, 2.75) is 17.4 Å². The van der Waals surface area contributed by atoms with Crippen molar-refractivity contribution in [1.82, 2.24) is 5.32 Å². The van der Waals surface area contributed by atoms with Gasteiger partial charge in [0.05, 0.1) is 10.8 Å². The van der Waals surface area contributed by atoms with E-state index in [2.05, 4.69) is 5.32 Å². The van der Waals surface area contributed by atoms with Crippen molar-refractivity contribution in [1.29, 1.82) is 0 Å². The van der Waals surface area contributed by atoms with Crippen molar-refractivity contribution >= 4 is 17.7 Å². The Morgan fingerprint density at radius 1 is 1.47 bits per heavy atom. The number of fused-ring (bicyclic) bond motifs is 1. The van der Waals surface area contributed by atoms with E-state index in [0.29, 0.717) is 13.0 Å². The lowest BCUT2D eigenvalue weighted by molar-refractivity contribution is -0.141. The van der Waals surface area contributed by atoms with E-state index in [-0.39, 0.29) is 18.8 Å². The van der Waals surface area contributed by atoms with Crippen LogP contribution in [0.5, 0.6) is 11.5 Å². The summed E-state index contributed by atoms with van der Waals surface area (Å²) in [6.45, 7) is 0.768. The number of carboxylic acid groups (broad SMARTS) is 1. The minimum atomic E-state index is -0.735. The van der Waals surface area contributed by atoms with Crippen LogP contribution in [-0.4, -0.2) is 30.7 Å². The third-order valence-electron chi connectivity index (χ3n) is 3.58. The van der Waals surface area contributed by atoms with E-state index >= 15 is 0 Å². The fourth-order valence-corrected chi connectivity index (χ4v) is 3.40. The van der Waals surface area contributed by atoms with Gasteiger partial charge in [-0.1, -0.05) is 6.07 Å². The summed E-state index contributed by atoms with van der Waals surface area (Å²) in [7, 11) is 0. The third kappa shape index (κ3) is 2.15. The summed E-state index contributed by atoms with van der Waals surface area (Å²) < 4.78 is 10.9. The molecule has 2 aliphatic rings. The van der Waals surface area contributed by atoms with E-state index in [1.807, 2.05) is 18.4 Å². The topological polar surface area (TPSA) is 67.8 Å². The van der Waals surface area contributed by atoms with Gasteiger partial charge in [0.1, 0.15) is 0 Å². The highest BCUT2D eigenvalue weighted by atomic mass is 32.2. The minimum Gasteiger partial charge on any atom is -0.481 e. The van der Waals surface area contributed by atoms with Crippen LogP contribution in [0.4, 0.5) is 0 Å². The number of ether oxygens (including phenoxy) is 2. The van der Waals surface area contributed by atoms with Gasteiger partial charge in [0, 0.05) is 12.6 Å². The number of aliphatic carboxylic acids is 1. The van der Waals surface area contributed by atoms with Gasteiger partial charge >= 0.3 is 5.97 Å². The largest absolute Gasteiger partial charge is 0.481 e. The van der Waals surface area contributed by atoms with Gasteiger partial charge in [-0.15, -0.1) is 11.8 Å². The molecule has 2 unspecified atom stereocenters. The Bertz CT molecular complexity index is 520. The Hall–Kier alpha value is -1.40. The number of carboxylic acids is 1. The Labute approximate surface area is 115 Å². The maximum atomic E-state index is 11.0. The van der Waals surface area contributed by atoms with Gasteiger partial charge in [-0.3, -0.25) is 4.79 Å². The molecule has 0 amide bonds. The maximum Gasteiger partial charge on any atom is 0.307 e. The highest BCUT2D eigenvalue weighted by Gasteiger charge is 2.33. The number of rotatable bonds is 3. The molecule has 102 valence electrons. The molecule has 1 fully saturated rings. The summed E-state index contributed by atoms with van der Waals surface area (Å²) >= 11 is 1.60. The van der Waals surface area contributed by atoms with E-state index in [1.165, 1.54) is 0 Å². The van der Waals surface area contributed by atoms with Crippen LogP contribution in [0.25, 0.3) is 0 Å². The number of carbonyl (C=O) groups is 1. The number of nitrogens with one attached hydrogen (secondary N) is 1. The molecule has 6 heteroatoms. The van der Waals surface area contributed by atoms with Crippen molar-refractivity contribution in [2.24, 2.45) is 5.92 Å². The molecule has 1 aromatic carbocycles. The lowest BCUT2D eigenvalue weighted by Gasteiger charge is -2.16. The molecule has 1 aromatic rings.